The average Bonchev–Trinajstić information content (AvgIpc) is 2.84. The Bertz CT molecular complexity index is 688. The van der Waals surface area contributed by atoms with Crippen LogP contribution in [0.1, 0.15) is 63.3 Å². The fourth-order valence-electron chi connectivity index (χ4n) is 4.58. The van der Waals surface area contributed by atoms with Crippen LogP contribution in [0.2, 0.25) is 0 Å². The maximum atomic E-state index is 14.3. The molecule has 1 aliphatic heterocycles. The molecule has 1 heterocycles. The molecule has 1 fully saturated rings. The molecule has 0 radical (unpaired) electrons. The molecule has 2 aliphatic rings. The Morgan fingerprint density at radius 2 is 2.00 bits per heavy atom. The standard InChI is InChI=1S/C21H31FN2O2/c1-6-14-11-15-13-21(18(23-5)16(15)12-17(14)22)7-9-24(10-8-21)19(25)26-20(2,3)4/h11-12,18,23H,6-10,13H2,1-5H3. The van der Waals surface area contributed by atoms with Gasteiger partial charge in [-0.15, -0.1) is 0 Å². The van der Waals surface area contributed by atoms with Crippen LogP contribution < -0.4 is 5.32 Å². The number of aryl methyl sites for hydroxylation is 1. The summed E-state index contributed by atoms with van der Waals surface area (Å²) in [5, 5.41) is 3.43. The number of likely N-dealkylation sites (tertiary alicyclic amines) is 1. The number of nitrogens with one attached hydrogen (secondary N) is 1. The van der Waals surface area contributed by atoms with Gasteiger partial charge in [0.25, 0.3) is 0 Å². The summed E-state index contributed by atoms with van der Waals surface area (Å²) in [6.45, 7) is 9.03. The molecular formula is C21H31FN2O2. The van der Waals surface area contributed by atoms with Crippen LogP contribution in [0.15, 0.2) is 12.1 Å². The van der Waals surface area contributed by atoms with Gasteiger partial charge in [0.15, 0.2) is 0 Å². The number of hydrogen-bond acceptors (Lipinski definition) is 3. The molecule has 1 amide bonds. The van der Waals surface area contributed by atoms with Crippen molar-refractivity contribution in [1.82, 2.24) is 10.2 Å². The van der Waals surface area contributed by atoms with Gasteiger partial charge in [0, 0.05) is 19.1 Å². The Balaban J connectivity index is 1.77. The molecule has 0 bridgehead atoms. The van der Waals surface area contributed by atoms with Crippen molar-refractivity contribution < 1.29 is 13.9 Å². The molecule has 1 aliphatic carbocycles. The number of amides is 1. The molecule has 0 saturated carbocycles. The predicted octanol–water partition coefficient (Wildman–Crippen LogP) is 4.22. The van der Waals surface area contributed by atoms with Crippen molar-refractivity contribution in [2.24, 2.45) is 5.41 Å². The van der Waals surface area contributed by atoms with E-state index in [1.807, 2.05) is 45.7 Å². The van der Waals surface area contributed by atoms with E-state index in [1.54, 1.807) is 6.07 Å². The number of fused-ring (bicyclic) bond motifs is 1. The van der Waals surface area contributed by atoms with E-state index in [1.165, 1.54) is 5.56 Å². The third kappa shape index (κ3) is 3.46. The lowest BCUT2D eigenvalue weighted by Crippen LogP contribution is -2.48. The van der Waals surface area contributed by atoms with Crippen LogP contribution in [0.25, 0.3) is 0 Å². The highest BCUT2D eigenvalue weighted by Gasteiger charge is 2.48. The van der Waals surface area contributed by atoms with Crippen molar-refractivity contribution in [1.29, 1.82) is 0 Å². The largest absolute Gasteiger partial charge is 0.444 e. The normalized spacial score (nSPS) is 21.8. The maximum Gasteiger partial charge on any atom is 0.410 e. The van der Waals surface area contributed by atoms with Crippen LogP contribution in [-0.4, -0.2) is 36.7 Å². The first kappa shape index (κ1) is 19.2. The Labute approximate surface area is 156 Å². The smallest absolute Gasteiger partial charge is 0.410 e. The number of piperidine rings is 1. The monoisotopic (exact) mass is 362 g/mol. The van der Waals surface area contributed by atoms with E-state index >= 15 is 0 Å². The average molecular weight is 362 g/mol. The lowest BCUT2D eigenvalue weighted by Gasteiger charge is -2.43. The number of halogens is 1. The van der Waals surface area contributed by atoms with Crippen LogP contribution in [0.4, 0.5) is 9.18 Å². The summed E-state index contributed by atoms with van der Waals surface area (Å²) in [5.41, 5.74) is 2.72. The van der Waals surface area contributed by atoms with E-state index in [2.05, 4.69) is 5.32 Å². The zero-order chi connectivity index (χ0) is 19.1. The molecule has 5 heteroatoms. The lowest BCUT2D eigenvalue weighted by atomic mass is 9.73. The number of ether oxygens (including phenoxy) is 1. The number of hydrogen-bond donors (Lipinski definition) is 1. The first-order valence-electron chi connectivity index (χ1n) is 9.65. The molecule has 1 N–H and O–H groups in total. The highest BCUT2D eigenvalue weighted by Crippen LogP contribution is 2.52. The zero-order valence-corrected chi connectivity index (χ0v) is 16.6. The second-order valence-electron chi connectivity index (χ2n) is 8.72. The molecule has 0 aromatic heterocycles. The van der Waals surface area contributed by atoms with Gasteiger partial charge in [-0.2, -0.15) is 0 Å². The zero-order valence-electron chi connectivity index (χ0n) is 16.6. The number of carbonyl (C=O) groups excluding carboxylic acids is 1. The van der Waals surface area contributed by atoms with Crippen molar-refractivity contribution in [3.63, 3.8) is 0 Å². The van der Waals surface area contributed by atoms with Crippen molar-refractivity contribution in [2.45, 2.75) is 65.0 Å². The number of rotatable bonds is 2. The second kappa shape index (κ2) is 6.84. The summed E-state index contributed by atoms with van der Waals surface area (Å²) in [6.07, 6.45) is 3.22. The van der Waals surface area contributed by atoms with E-state index in [0.717, 1.165) is 30.4 Å². The fourth-order valence-corrected chi connectivity index (χ4v) is 4.58. The lowest BCUT2D eigenvalue weighted by molar-refractivity contribution is 0.00647. The molecular weight excluding hydrogens is 331 g/mol. The van der Waals surface area contributed by atoms with Crippen LogP contribution in [-0.2, 0) is 17.6 Å². The Kier molecular flexibility index (Phi) is 5.04. The molecule has 26 heavy (non-hydrogen) atoms. The topological polar surface area (TPSA) is 41.6 Å². The van der Waals surface area contributed by atoms with E-state index in [4.69, 9.17) is 4.74 Å². The third-order valence-electron chi connectivity index (χ3n) is 5.85. The molecule has 1 atom stereocenters. The van der Waals surface area contributed by atoms with Crippen LogP contribution in [0.3, 0.4) is 0 Å². The third-order valence-corrected chi connectivity index (χ3v) is 5.85. The van der Waals surface area contributed by atoms with Crippen molar-refractivity contribution in [3.05, 3.63) is 34.6 Å². The highest BCUT2D eigenvalue weighted by molar-refractivity contribution is 5.68. The Morgan fingerprint density at radius 3 is 2.54 bits per heavy atom. The quantitative estimate of drug-likeness (QED) is 0.856. The molecule has 1 saturated heterocycles. The van der Waals surface area contributed by atoms with Crippen molar-refractivity contribution in [3.8, 4) is 0 Å². The molecule has 1 unspecified atom stereocenters. The van der Waals surface area contributed by atoms with Crippen LogP contribution >= 0.6 is 0 Å². The van der Waals surface area contributed by atoms with Gasteiger partial charge in [-0.3, -0.25) is 0 Å². The molecule has 144 valence electrons. The van der Waals surface area contributed by atoms with E-state index in [0.29, 0.717) is 19.5 Å². The first-order valence-corrected chi connectivity index (χ1v) is 9.65. The van der Waals surface area contributed by atoms with Gasteiger partial charge in [-0.05, 0) is 81.7 Å². The van der Waals surface area contributed by atoms with Gasteiger partial charge in [-0.1, -0.05) is 13.0 Å². The maximum absolute atomic E-state index is 14.3. The molecule has 1 spiro atoms. The summed E-state index contributed by atoms with van der Waals surface area (Å²) in [7, 11) is 1.95. The molecule has 4 nitrogen and oxygen atoms in total. The fraction of sp³-hybridized carbons (Fsp3) is 0.667. The van der Waals surface area contributed by atoms with Crippen LogP contribution in [0, 0.1) is 11.2 Å². The number of benzene rings is 1. The highest BCUT2D eigenvalue weighted by atomic mass is 19.1. The minimum atomic E-state index is -0.475. The second-order valence-corrected chi connectivity index (χ2v) is 8.72. The Hall–Kier alpha value is -1.62. The minimum absolute atomic E-state index is 0.0500. The molecule has 1 aromatic rings. The van der Waals surface area contributed by atoms with E-state index < -0.39 is 5.60 Å². The van der Waals surface area contributed by atoms with Gasteiger partial charge in [0.2, 0.25) is 0 Å². The summed E-state index contributed by atoms with van der Waals surface area (Å²) < 4.78 is 19.8. The Morgan fingerprint density at radius 1 is 1.35 bits per heavy atom. The molecule has 3 rings (SSSR count). The predicted molar refractivity (Wildman–Crippen MR) is 101 cm³/mol. The number of carbonyl (C=O) groups is 1. The van der Waals surface area contributed by atoms with Gasteiger partial charge in [0.1, 0.15) is 11.4 Å². The van der Waals surface area contributed by atoms with Gasteiger partial charge >= 0.3 is 6.09 Å². The summed E-state index contributed by atoms with van der Waals surface area (Å²) in [4.78, 5) is 14.2. The summed E-state index contributed by atoms with van der Waals surface area (Å²) >= 11 is 0. The van der Waals surface area contributed by atoms with Gasteiger partial charge in [-0.25, -0.2) is 9.18 Å². The van der Waals surface area contributed by atoms with E-state index in [-0.39, 0.29) is 23.4 Å². The first-order chi connectivity index (χ1) is 12.2. The minimum Gasteiger partial charge on any atom is -0.444 e. The van der Waals surface area contributed by atoms with Crippen LogP contribution in [0.5, 0.6) is 0 Å². The SMILES string of the molecule is CCc1cc2c(cc1F)C(NC)C1(CCN(C(=O)OC(C)(C)C)CC1)C2. The van der Waals surface area contributed by atoms with E-state index in [9.17, 15) is 9.18 Å². The summed E-state index contributed by atoms with van der Waals surface area (Å²) in [5.74, 6) is -0.102. The van der Waals surface area contributed by atoms with Crippen molar-refractivity contribution in [2.75, 3.05) is 20.1 Å². The molecule has 1 aromatic carbocycles. The summed E-state index contributed by atoms with van der Waals surface area (Å²) in [6, 6.07) is 3.91. The van der Waals surface area contributed by atoms with Gasteiger partial charge in [0.05, 0.1) is 0 Å². The van der Waals surface area contributed by atoms with Crippen molar-refractivity contribution >= 4 is 6.09 Å². The number of nitrogens with zero attached hydrogens (tertiary/aromatic N) is 1. The van der Waals surface area contributed by atoms with Gasteiger partial charge < -0.3 is 15.0 Å².